The highest BCUT2D eigenvalue weighted by atomic mass is 32.2. The molecule has 0 aliphatic carbocycles. The summed E-state index contributed by atoms with van der Waals surface area (Å²) in [4.78, 5) is 40.1. The number of aryl methyl sites for hydroxylation is 1. The first-order valence-electron chi connectivity index (χ1n) is 7.37. The maximum Gasteiger partial charge on any atom is 0.265 e. The minimum Gasteiger partial charge on any atom is -0.360 e. The van der Waals surface area contributed by atoms with Crippen LogP contribution in [0.3, 0.4) is 0 Å². The molecule has 1 aromatic carbocycles. The predicted octanol–water partition coefficient (Wildman–Crippen LogP) is 1.45. The molecule has 1 aliphatic rings. The lowest BCUT2D eigenvalue weighted by Crippen LogP contribution is -2.41. The Hall–Kier alpha value is -2.94. The Labute approximate surface area is 147 Å². The van der Waals surface area contributed by atoms with E-state index in [0.717, 1.165) is 11.8 Å². The Kier molecular flexibility index (Phi) is 4.94. The number of amidine groups is 1. The highest BCUT2D eigenvalue weighted by Crippen LogP contribution is 2.22. The summed E-state index contributed by atoms with van der Waals surface area (Å²) in [6, 6.07) is 10.3. The number of amides is 3. The number of hydrogen-bond acceptors (Lipinski definition) is 6. The van der Waals surface area contributed by atoms with E-state index in [4.69, 9.17) is 4.52 Å². The molecule has 25 heavy (non-hydrogen) atoms. The van der Waals surface area contributed by atoms with Gasteiger partial charge in [-0.3, -0.25) is 14.4 Å². The third-order valence-electron chi connectivity index (χ3n) is 3.32. The number of nitrogens with one attached hydrogen (secondary N) is 2. The van der Waals surface area contributed by atoms with E-state index >= 15 is 0 Å². The molecule has 9 heteroatoms. The van der Waals surface area contributed by atoms with E-state index in [2.05, 4.69) is 20.8 Å². The van der Waals surface area contributed by atoms with Crippen LogP contribution in [0.4, 0.5) is 5.82 Å². The first kappa shape index (κ1) is 16.9. The van der Waals surface area contributed by atoms with Crippen LogP contribution in [0.5, 0.6) is 0 Å². The van der Waals surface area contributed by atoms with Crippen molar-refractivity contribution in [3.05, 3.63) is 47.7 Å². The number of benzene rings is 1. The monoisotopic (exact) mass is 358 g/mol. The maximum absolute atomic E-state index is 12.2. The zero-order valence-corrected chi connectivity index (χ0v) is 14.0. The number of anilines is 1. The standard InChI is InChI=1S/C16H14N4O4S/c1-9-7-11(20-24-9)17-12(21)8-25-16-18-14(22)13(15(23)19-16)10-5-3-2-4-6-10/h2-7,13H,8H2,1H3,(H,17,20,21)(H,18,19,22,23). The van der Waals surface area contributed by atoms with Gasteiger partial charge < -0.3 is 15.2 Å². The molecule has 1 unspecified atom stereocenters. The van der Waals surface area contributed by atoms with Crippen LogP contribution in [0.2, 0.25) is 0 Å². The van der Waals surface area contributed by atoms with Gasteiger partial charge in [0.05, 0.1) is 5.75 Å². The molecule has 3 amide bonds. The minimum absolute atomic E-state index is 0.0334. The van der Waals surface area contributed by atoms with Crippen LogP contribution in [0.1, 0.15) is 17.2 Å². The molecule has 0 spiro atoms. The Morgan fingerprint density at radius 3 is 2.72 bits per heavy atom. The summed E-state index contributed by atoms with van der Waals surface area (Å²) in [5.41, 5.74) is 0.581. The van der Waals surface area contributed by atoms with Gasteiger partial charge in [0, 0.05) is 6.07 Å². The third-order valence-corrected chi connectivity index (χ3v) is 4.19. The van der Waals surface area contributed by atoms with Crippen LogP contribution in [0.15, 0.2) is 45.9 Å². The van der Waals surface area contributed by atoms with Gasteiger partial charge in [0.1, 0.15) is 11.7 Å². The number of thioether (sulfide) groups is 1. The summed E-state index contributed by atoms with van der Waals surface area (Å²) < 4.78 is 4.84. The molecule has 0 saturated carbocycles. The number of hydrogen-bond donors (Lipinski definition) is 2. The van der Waals surface area contributed by atoms with Crippen LogP contribution in [-0.4, -0.2) is 33.8 Å². The van der Waals surface area contributed by atoms with Gasteiger partial charge in [-0.15, -0.1) is 0 Å². The van der Waals surface area contributed by atoms with Gasteiger partial charge in [-0.25, -0.2) is 0 Å². The highest BCUT2D eigenvalue weighted by molar-refractivity contribution is 8.14. The molecule has 128 valence electrons. The van der Waals surface area contributed by atoms with Gasteiger partial charge in [0.2, 0.25) is 11.8 Å². The van der Waals surface area contributed by atoms with E-state index in [-0.39, 0.29) is 16.8 Å². The SMILES string of the molecule is Cc1cc(NC(=O)CSC2=NC(=O)C(c3ccccc3)C(=O)N2)no1. The molecule has 3 rings (SSSR count). The molecule has 1 atom stereocenters. The first-order chi connectivity index (χ1) is 12.0. The molecule has 2 N–H and O–H groups in total. The van der Waals surface area contributed by atoms with Gasteiger partial charge in [-0.1, -0.05) is 47.3 Å². The molecule has 2 heterocycles. The van der Waals surface area contributed by atoms with E-state index in [0.29, 0.717) is 17.1 Å². The summed E-state index contributed by atoms with van der Waals surface area (Å²) in [7, 11) is 0. The summed E-state index contributed by atoms with van der Waals surface area (Å²) in [5, 5.41) is 8.85. The van der Waals surface area contributed by atoms with E-state index in [1.54, 1.807) is 43.3 Å². The van der Waals surface area contributed by atoms with Crippen molar-refractivity contribution < 1.29 is 18.9 Å². The van der Waals surface area contributed by atoms with Crippen LogP contribution in [-0.2, 0) is 14.4 Å². The lowest BCUT2D eigenvalue weighted by Gasteiger charge is -2.19. The number of aromatic nitrogens is 1. The van der Waals surface area contributed by atoms with Gasteiger partial charge in [0.15, 0.2) is 11.0 Å². The summed E-state index contributed by atoms with van der Waals surface area (Å²) in [6.45, 7) is 1.71. The molecule has 1 aliphatic heterocycles. The fraction of sp³-hybridized carbons (Fsp3) is 0.188. The number of nitrogens with zero attached hydrogens (tertiary/aromatic N) is 2. The fourth-order valence-electron chi connectivity index (χ4n) is 2.23. The highest BCUT2D eigenvalue weighted by Gasteiger charge is 2.33. The van der Waals surface area contributed by atoms with Crippen molar-refractivity contribution in [2.75, 3.05) is 11.1 Å². The molecular weight excluding hydrogens is 344 g/mol. The lowest BCUT2D eigenvalue weighted by molar-refractivity contribution is -0.129. The summed E-state index contributed by atoms with van der Waals surface area (Å²) >= 11 is 0.963. The second-order valence-corrected chi connectivity index (χ2v) is 6.21. The predicted molar refractivity (Wildman–Crippen MR) is 92.1 cm³/mol. The van der Waals surface area contributed by atoms with Crippen LogP contribution >= 0.6 is 11.8 Å². The molecule has 2 aromatic rings. The average molecular weight is 358 g/mol. The zero-order chi connectivity index (χ0) is 17.8. The largest absolute Gasteiger partial charge is 0.360 e. The normalized spacial score (nSPS) is 17.0. The van der Waals surface area contributed by atoms with Crippen molar-refractivity contribution in [1.82, 2.24) is 10.5 Å². The third kappa shape index (κ3) is 4.13. The van der Waals surface area contributed by atoms with Crippen LogP contribution < -0.4 is 10.6 Å². The molecule has 0 fully saturated rings. The Morgan fingerprint density at radius 1 is 1.32 bits per heavy atom. The molecular formula is C16H14N4O4S. The Balaban J connectivity index is 1.60. The van der Waals surface area contributed by atoms with E-state index in [1.165, 1.54) is 0 Å². The van der Waals surface area contributed by atoms with Crippen molar-refractivity contribution >= 4 is 40.5 Å². The van der Waals surface area contributed by atoms with Gasteiger partial charge in [-0.05, 0) is 12.5 Å². The number of aliphatic imine (C=N–C) groups is 1. The first-order valence-corrected chi connectivity index (χ1v) is 8.36. The lowest BCUT2D eigenvalue weighted by atomic mass is 9.97. The molecule has 0 bridgehead atoms. The number of carbonyl (C=O) groups excluding carboxylic acids is 3. The summed E-state index contributed by atoms with van der Waals surface area (Å²) in [5.74, 6) is -1.48. The van der Waals surface area contributed by atoms with E-state index < -0.39 is 17.7 Å². The number of carbonyl (C=O) groups is 3. The molecule has 8 nitrogen and oxygen atoms in total. The zero-order valence-electron chi connectivity index (χ0n) is 13.2. The van der Waals surface area contributed by atoms with Crippen molar-refractivity contribution in [3.8, 4) is 0 Å². The van der Waals surface area contributed by atoms with Crippen molar-refractivity contribution in [3.63, 3.8) is 0 Å². The van der Waals surface area contributed by atoms with Crippen molar-refractivity contribution in [1.29, 1.82) is 0 Å². The van der Waals surface area contributed by atoms with Gasteiger partial charge >= 0.3 is 0 Å². The molecule has 0 radical (unpaired) electrons. The maximum atomic E-state index is 12.2. The average Bonchev–Trinajstić information content (AvgIpc) is 2.98. The topological polar surface area (TPSA) is 114 Å². The minimum atomic E-state index is -0.961. The molecule has 1 aromatic heterocycles. The smallest absolute Gasteiger partial charge is 0.265 e. The summed E-state index contributed by atoms with van der Waals surface area (Å²) in [6.07, 6.45) is 0. The van der Waals surface area contributed by atoms with Gasteiger partial charge in [0.25, 0.3) is 5.91 Å². The van der Waals surface area contributed by atoms with Crippen LogP contribution in [0, 0.1) is 6.92 Å². The van der Waals surface area contributed by atoms with E-state index in [1.807, 2.05) is 0 Å². The quantitative estimate of drug-likeness (QED) is 0.800. The van der Waals surface area contributed by atoms with Crippen LogP contribution in [0.25, 0.3) is 0 Å². The fourth-order valence-corrected chi connectivity index (χ4v) is 2.90. The van der Waals surface area contributed by atoms with Crippen molar-refractivity contribution in [2.45, 2.75) is 12.8 Å². The van der Waals surface area contributed by atoms with E-state index in [9.17, 15) is 14.4 Å². The second kappa shape index (κ2) is 7.31. The van der Waals surface area contributed by atoms with Gasteiger partial charge in [-0.2, -0.15) is 4.99 Å². The molecule has 0 saturated heterocycles. The Bertz CT molecular complexity index is 847. The number of rotatable bonds is 4. The Morgan fingerprint density at radius 2 is 2.08 bits per heavy atom. The van der Waals surface area contributed by atoms with Crippen molar-refractivity contribution in [2.24, 2.45) is 4.99 Å². The second-order valence-electron chi connectivity index (χ2n) is 5.25.